The molecule has 10 nitrogen and oxygen atoms in total. The quantitative estimate of drug-likeness (QED) is 0.173. The van der Waals surface area contributed by atoms with Crippen LogP contribution in [0.3, 0.4) is 0 Å². The average Bonchev–Trinajstić information content (AvgIpc) is 3.54. The van der Waals surface area contributed by atoms with Gasteiger partial charge in [-0.3, -0.25) is 14.7 Å². The maximum absolute atomic E-state index is 15.5. The van der Waals surface area contributed by atoms with E-state index in [9.17, 15) is 9.18 Å². The molecule has 1 atom stereocenters. The van der Waals surface area contributed by atoms with Crippen LogP contribution in [0.5, 0.6) is 23.0 Å². The van der Waals surface area contributed by atoms with Gasteiger partial charge in [-0.1, -0.05) is 6.07 Å². The molecule has 1 saturated heterocycles. The highest BCUT2D eigenvalue weighted by molar-refractivity contribution is 5.88. The molecular weight excluding hydrogens is 598 g/mol. The van der Waals surface area contributed by atoms with E-state index in [2.05, 4.69) is 14.9 Å². The summed E-state index contributed by atoms with van der Waals surface area (Å²) in [6, 6.07) is 14.8. The van der Waals surface area contributed by atoms with E-state index in [4.69, 9.17) is 29.1 Å². The standard InChI is InChI=1S/C34H32F2N4O6/c1-42-29-18-24-26(19-30(29)44-14-2-11-40-12-15-43-16-13-40)38-10-9-27(24)45-28-8-5-22(17-25(28)36)32(33(37)41)34-39-20-31(46-34)21-3-6-23(35)7-4-21/h3-10,17-20,32H,2,11-16H2,1H3,(H2,37,41). The van der Waals surface area contributed by atoms with Crippen molar-refractivity contribution in [3.8, 4) is 34.3 Å². The Labute approximate surface area is 263 Å². The zero-order valence-electron chi connectivity index (χ0n) is 25.1. The van der Waals surface area contributed by atoms with Crippen LogP contribution in [0.1, 0.15) is 23.8 Å². The third-order valence-electron chi connectivity index (χ3n) is 7.66. The average molecular weight is 631 g/mol. The number of carbonyl (C=O) groups excluding carboxylic acids is 1. The zero-order chi connectivity index (χ0) is 32.0. The first-order chi connectivity index (χ1) is 22.4. The summed E-state index contributed by atoms with van der Waals surface area (Å²) in [7, 11) is 1.54. The fourth-order valence-electron chi connectivity index (χ4n) is 5.28. The molecule has 3 aromatic carbocycles. The number of benzene rings is 3. The topological polar surface area (TPSA) is 122 Å². The van der Waals surface area contributed by atoms with E-state index >= 15 is 4.39 Å². The lowest BCUT2D eigenvalue weighted by Crippen LogP contribution is -2.37. The fourth-order valence-corrected chi connectivity index (χ4v) is 5.28. The zero-order valence-corrected chi connectivity index (χ0v) is 25.1. The Hall–Kier alpha value is -5.07. The summed E-state index contributed by atoms with van der Waals surface area (Å²) in [6.45, 7) is 4.75. The normalized spacial score (nSPS) is 14.2. The van der Waals surface area contributed by atoms with Crippen LogP contribution in [0, 0.1) is 11.6 Å². The number of hydrogen-bond donors (Lipinski definition) is 1. The molecule has 0 aliphatic carbocycles. The molecule has 46 heavy (non-hydrogen) atoms. The first kappa shape index (κ1) is 30.9. The molecule has 1 amide bonds. The van der Waals surface area contributed by atoms with Crippen LogP contribution in [-0.4, -0.2) is 67.3 Å². The van der Waals surface area contributed by atoms with E-state index in [1.807, 2.05) is 0 Å². The maximum Gasteiger partial charge on any atom is 0.234 e. The maximum atomic E-state index is 15.5. The molecule has 2 N–H and O–H groups in total. The number of amides is 1. The highest BCUT2D eigenvalue weighted by Crippen LogP contribution is 2.38. The van der Waals surface area contributed by atoms with Gasteiger partial charge in [0.1, 0.15) is 17.5 Å². The van der Waals surface area contributed by atoms with Crippen molar-refractivity contribution in [2.24, 2.45) is 5.73 Å². The number of halogens is 2. The summed E-state index contributed by atoms with van der Waals surface area (Å²) in [6.07, 6.45) is 3.80. The van der Waals surface area contributed by atoms with Gasteiger partial charge in [0.05, 0.1) is 38.6 Å². The number of ether oxygens (including phenoxy) is 4. The number of nitrogens with zero attached hydrogens (tertiary/aromatic N) is 3. The Balaban J connectivity index is 1.19. The number of fused-ring (bicyclic) bond motifs is 1. The lowest BCUT2D eigenvalue weighted by atomic mass is 9.98. The van der Waals surface area contributed by atoms with Gasteiger partial charge in [-0.05, 0) is 60.5 Å². The molecule has 0 radical (unpaired) electrons. The molecule has 0 saturated carbocycles. The van der Waals surface area contributed by atoms with Crippen molar-refractivity contribution >= 4 is 16.8 Å². The second-order valence-electron chi connectivity index (χ2n) is 10.7. The molecule has 1 unspecified atom stereocenters. The minimum atomic E-state index is -1.17. The van der Waals surface area contributed by atoms with Crippen LogP contribution in [0.4, 0.5) is 8.78 Å². The molecule has 5 aromatic rings. The highest BCUT2D eigenvalue weighted by atomic mass is 19.1. The Kier molecular flexibility index (Phi) is 9.36. The van der Waals surface area contributed by atoms with Crippen molar-refractivity contribution in [1.82, 2.24) is 14.9 Å². The van der Waals surface area contributed by atoms with E-state index in [-0.39, 0.29) is 17.2 Å². The van der Waals surface area contributed by atoms with Crippen molar-refractivity contribution in [2.75, 3.05) is 46.6 Å². The molecule has 2 aromatic heterocycles. The Morgan fingerprint density at radius 1 is 0.978 bits per heavy atom. The summed E-state index contributed by atoms with van der Waals surface area (Å²) in [5.41, 5.74) is 7.03. The van der Waals surface area contributed by atoms with Crippen molar-refractivity contribution < 1.29 is 36.9 Å². The highest BCUT2D eigenvalue weighted by Gasteiger charge is 2.27. The number of hydrogen-bond acceptors (Lipinski definition) is 9. The number of morpholine rings is 1. The van der Waals surface area contributed by atoms with E-state index in [0.29, 0.717) is 46.1 Å². The van der Waals surface area contributed by atoms with Gasteiger partial charge in [0.2, 0.25) is 11.8 Å². The number of pyridine rings is 1. The molecule has 1 aliphatic heterocycles. The predicted molar refractivity (Wildman–Crippen MR) is 165 cm³/mol. The summed E-state index contributed by atoms with van der Waals surface area (Å²) in [4.78, 5) is 23.4. The van der Waals surface area contributed by atoms with Gasteiger partial charge in [-0.2, -0.15) is 0 Å². The second kappa shape index (κ2) is 13.9. The second-order valence-corrected chi connectivity index (χ2v) is 10.7. The molecule has 6 rings (SSSR count). The Bertz CT molecular complexity index is 1830. The van der Waals surface area contributed by atoms with E-state index < -0.39 is 23.5 Å². The van der Waals surface area contributed by atoms with Crippen molar-refractivity contribution in [3.05, 3.63) is 96.1 Å². The number of nitrogens with two attached hydrogens (primary N) is 1. The first-order valence-corrected chi connectivity index (χ1v) is 14.8. The fraction of sp³-hybridized carbons (Fsp3) is 0.265. The van der Waals surface area contributed by atoms with Crippen LogP contribution in [0.25, 0.3) is 22.2 Å². The molecule has 1 aliphatic rings. The number of rotatable bonds is 12. The molecule has 0 spiro atoms. The van der Waals surface area contributed by atoms with Gasteiger partial charge in [0.15, 0.2) is 28.8 Å². The molecule has 0 bridgehead atoms. The number of oxazole rings is 1. The molecular formula is C34H32F2N4O6. The van der Waals surface area contributed by atoms with Crippen LogP contribution < -0.4 is 19.9 Å². The third-order valence-corrected chi connectivity index (χ3v) is 7.66. The number of carbonyl (C=O) groups is 1. The van der Waals surface area contributed by atoms with Crippen LogP contribution in [0.2, 0.25) is 0 Å². The lowest BCUT2D eigenvalue weighted by molar-refractivity contribution is -0.118. The number of primary amides is 1. The Morgan fingerprint density at radius 2 is 1.78 bits per heavy atom. The van der Waals surface area contributed by atoms with Crippen LogP contribution in [-0.2, 0) is 9.53 Å². The molecule has 1 fully saturated rings. The van der Waals surface area contributed by atoms with E-state index in [1.54, 1.807) is 31.5 Å². The van der Waals surface area contributed by atoms with Gasteiger partial charge in [0.25, 0.3) is 0 Å². The number of methoxy groups -OCH3 is 1. The molecule has 238 valence electrons. The summed E-state index contributed by atoms with van der Waals surface area (Å²) < 4.78 is 57.6. The molecule has 12 heteroatoms. The monoisotopic (exact) mass is 630 g/mol. The SMILES string of the molecule is COc1cc2c(Oc3ccc(C(C(N)=O)c4ncc(-c5ccc(F)cc5)o4)cc3F)ccnc2cc1OCCCN1CCOCC1. The van der Waals surface area contributed by atoms with Crippen molar-refractivity contribution in [1.29, 1.82) is 0 Å². The third kappa shape index (κ3) is 6.93. The number of aromatic nitrogens is 2. The lowest BCUT2D eigenvalue weighted by Gasteiger charge is -2.26. The van der Waals surface area contributed by atoms with Crippen LogP contribution in [0.15, 0.2) is 77.5 Å². The minimum absolute atomic E-state index is 0.0220. The van der Waals surface area contributed by atoms with Crippen molar-refractivity contribution in [3.63, 3.8) is 0 Å². The Morgan fingerprint density at radius 3 is 2.52 bits per heavy atom. The smallest absolute Gasteiger partial charge is 0.234 e. The van der Waals surface area contributed by atoms with Gasteiger partial charge in [-0.15, -0.1) is 0 Å². The summed E-state index contributed by atoms with van der Waals surface area (Å²) >= 11 is 0. The summed E-state index contributed by atoms with van der Waals surface area (Å²) in [5.74, 6) is -1.51. The first-order valence-electron chi connectivity index (χ1n) is 14.8. The minimum Gasteiger partial charge on any atom is -0.493 e. The molecule has 3 heterocycles. The van der Waals surface area contributed by atoms with Crippen molar-refractivity contribution in [2.45, 2.75) is 12.3 Å². The van der Waals surface area contributed by atoms with Gasteiger partial charge < -0.3 is 29.1 Å². The van der Waals surface area contributed by atoms with E-state index in [1.165, 1.54) is 42.6 Å². The summed E-state index contributed by atoms with van der Waals surface area (Å²) in [5, 5.41) is 0.589. The van der Waals surface area contributed by atoms with Gasteiger partial charge >= 0.3 is 0 Å². The largest absolute Gasteiger partial charge is 0.493 e. The van der Waals surface area contributed by atoms with Gasteiger partial charge in [0, 0.05) is 42.8 Å². The predicted octanol–water partition coefficient (Wildman–Crippen LogP) is 5.69. The van der Waals surface area contributed by atoms with Crippen LogP contribution >= 0.6 is 0 Å². The van der Waals surface area contributed by atoms with E-state index in [0.717, 1.165) is 45.3 Å². The van der Waals surface area contributed by atoms with Gasteiger partial charge in [-0.25, -0.2) is 13.8 Å².